The van der Waals surface area contributed by atoms with E-state index >= 15 is 0 Å². The molecule has 13 heavy (non-hydrogen) atoms. The van der Waals surface area contributed by atoms with Gasteiger partial charge >= 0.3 is 53.0 Å². The van der Waals surface area contributed by atoms with Crippen LogP contribution in [-0.4, -0.2) is 4.89 Å². The van der Waals surface area contributed by atoms with E-state index in [2.05, 4.69) is 0 Å². The molecule has 1 N–H and O–H groups in total. The molecule has 8 nitrogen and oxygen atoms in total. The Morgan fingerprint density at radius 1 is 0.846 bits per heavy atom. The van der Waals surface area contributed by atoms with Crippen LogP contribution in [0.3, 0.4) is 0 Å². The van der Waals surface area contributed by atoms with Crippen molar-refractivity contribution in [3.05, 3.63) is 0 Å². The predicted octanol–water partition coefficient (Wildman–Crippen LogP) is -8.02. The molecule has 0 fully saturated rings. The molecule has 0 spiro atoms. The molecule has 0 aromatic heterocycles. The summed E-state index contributed by atoms with van der Waals surface area (Å²) in [7, 11) is -10.5. The Kier molecular flexibility index (Phi) is 26.9. The average molecular weight is 308 g/mol. The fourth-order valence-corrected chi connectivity index (χ4v) is 0. The van der Waals surface area contributed by atoms with E-state index < -0.39 is 15.6 Å². The second-order valence-corrected chi connectivity index (χ2v) is 2.75. The largest absolute Gasteiger partial charge is 2.00 e. The van der Waals surface area contributed by atoms with Crippen LogP contribution in [0, 0.1) is 0 Å². The van der Waals surface area contributed by atoms with Gasteiger partial charge in [0.05, 0.1) is 7.82 Å². The fraction of sp³-hybridized carbons (Fsp3) is 0. The smallest absolute Gasteiger partial charge is 0.822 e. The third-order valence-corrected chi connectivity index (χ3v) is 0. The Balaban J connectivity index is -0.0000000267. The number of rotatable bonds is 0. The SMILES string of the molecule is O=P([O-])([O-])O.O=P([O-])([O-])[O-].[Li+].[Mn+2].[Mn+2]. The number of hydrogen-bond donors (Lipinski definition) is 1. The molecule has 0 aliphatic rings. The van der Waals surface area contributed by atoms with Gasteiger partial charge in [-0.2, -0.15) is 7.82 Å². The third-order valence-electron chi connectivity index (χ3n) is 0. The number of hydrogen-bond acceptors (Lipinski definition) is 7. The van der Waals surface area contributed by atoms with Gasteiger partial charge in [0.25, 0.3) is 0 Å². The maximum Gasteiger partial charge on any atom is 2.00 e. The van der Waals surface area contributed by atoms with Gasteiger partial charge in [0.1, 0.15) is 0 Å². The molecule has 0 aromatic carbocycles. The van der Waals surface area contributed by atoms with Crippen LogP contribution < -0.4 is 43.3 Å². The quantitative estimate of drug-likeness (QED) is 0.339. The molecule has 0 amide bonds. The summed E-state index contributed by atoms with van der Waals surface area (Å²) in [6.45, 7) is 0. The summed E-state index contributed by atoms with van der Waals surface area (Å²) in [4.78, 5) is 49.9. The summed E-state index contributed by atoms with van der Waals surface area (Å²) < 4.78 is 17.2. The van der Waals surface area contributed by atoms with E-state index in [1.165, 1.54) is 0 Å². The molecule has 0 aliphatic carbocycles. The van der Waals surface area contributed by atoms with E-state index in [1.54, 1.807) is 0 Å². The van der Waals surface area contributed by atoms with Crippen LogP contribution in [0.1, 0.15) is 0 Å². The summed E-state index contributed by atoms with van der Waals surface area (Å²) in [5.41, 5.74) is 0. The Morgan fingerprint density at radius 2 is 0.846 bits per heavy atom. The van der Waals surface area contributed by atoms with Crippen molar-refractivity contribution in [2.45, 2.75) is 0 Å². The molecule has 0 heterocycles. The maximum absolute atomic E-state index is 8.66. The van der Waals surface area contributed by atoms with Crippen molar-refractivity contribution in [2.75, 3.05) is 0 Å². The van der Waals surface area contributed by atoms with Gasteiger partial charge in [-0.3, -0.25) is 0 Å². The fourth-order valence-electron chi connectivity index (χ4n) is 0. The van der Waals surface area contributed by atoms with Crippen molar-refractivity contribution in [2.24, 2.45) is 0 Å². The summed E-state index contributed by atoms with van der Waals surface area (Å²) in [5, 5.41) is 0. The molecule has 0 bridgehead atoms. The van der Waals surface area contributed by atoms with Crippen LogP contribution in [0.4, 0.5) is 0 Å². The van der Waals surface area contributed by atoms with Crippen molar-refractivity contribution >= 4 is 15.6 Å². The van der Waals surface area contributed by atoms with Gasteiger partial charge in [-0.05, 0) is 0 Å². The first-order valence-electron chi connectivity index (χ1n) is 1.48. The number of phosphoric acid groups is 2. The van der Waals surface area contributed by atoms with Gasteiger partial charge in [-0.15, -0.1) is 0 Å². The van der Waals surface area contributed by atoms with Crippen LogP contribution >= 0.6 is 15.6 Å². The first-order valence-corrected chi connectivity index (χ1v) is 4.43. The van der Waals surface area contributed by atoms with E-state index in [0.717, 1.165) is 0 Å². The molecule has 74 valence electrons. The van der Waals surface area contributed by atoms with Crippen molar-refractivity contribution < 1.29 is 91.5 Å². The van der Waals surface area contributed by atoms with Gasteiger partial charge in [0, 0.05) is 0 Å². The minimum Gasteiger partial charge on any atom is -0.822 e. The zero-order valence-corrected chi connectivity index (χ0v) is 10.1. The molecule has 0 aromatic rings. The zero-order chi connectivity index (χ0) is 9.00. The molecule has 0 atom stereocenters. The van der Waals surface area contributed by atoms with E-state index in [1.807, 2.05) is 0 Å². The van der Waals surface area contributed by atoms with Crippen LogP contribution in [0.15, 0.2) is 0 Å². The molecule has 0 aliphatic heterocycles. The Labute approximate surface area is 107 Å². The molecular formula is HLiMn2O8P2. The van der Waals surface area contributed by atoms with Gasteiger partial charge < -0.3 is 38.5 Å². The van der Waals surface area contributed by atoms with Crippen molar-refractivity contribution in [1.29, 1.82) is 0 Å². The van der Waals surface area contributed by atoms with E-state index in [0.29, 0.717) is 0 Å². The third kappa shape index (κ3) is 565. The molecule has 0 saturated heterocycles. The summed E-state index contributed by atoms with van der Waals surface area (Å²) in [6.07, 6.45) is 0. The minimum atomic E-state index is -5.39. The normalized spacial score (nSPS) is 9.08. The second-order valence-electron chi connectivity index (χ2n) is 0.916. The minimum absolute atomic E-state index is 0. The molecule has 0 unspecified atom stereocenters. The van der Waals surface area contributed by atoms with Crippen molar-refractivity contribution in [1.82, 2.24) is 0 Å². The zero-order valence-electron chi connectivity index (χ0n) is 5.96. The molecule has 13 heteroatoms. The van der Waals surface area contributed by atoms with Gasteiger partial charge in [-0.25, -0.2) is 0 Å². The summed E-state index contributed by atoms with van der Waals surface area (Å²) in [6, 6.07) is 0. The van der Waals surface area contributed by atoms with E-state index in [9.17, 15) is 0 Å². The maximum atomic E-state index is 8.66. The van der Waals surface area contributed by atoms with Crippen LogP contribution in [-0.2, 0) is 43.3 Å². The molecule has 0 saturated carbocycles. The first-order chi connectivity index (χ1) is 4.00. The Morgan fingerprint density at radius 3 is 0.846 bits per heavy atom. The second kappa shape index (κ2) is 11.9. The van der Waals surface area contributed by atoms with Crippen molar-refractivity contribution in [3.63, 3.8) is 0 Å². The van der Waals surface area contributed by atoms with Gasteiger partial charge in [0.15, 0.2) is 0 Å². The Bertz CT molecular complexity index is 132. The van der Waals surface area contributed by atoms with Crippen LogP contribution in [0.25, 0.3) is 0 Å². The van der Waals surface area contributed by atoms with Crippen LogP contribution in [0.2, 0.25) is 0 Å². The van der Waals surface area contributed by atoms with Crippen LogP contribution in [0.5, 0.6) is 0 Å². The van der Waals surface area contributed by atoms with Crippen molar-refractivity contribution in [3.8, 4) is 0 Å². The first kappa shape index (κ1) is 29.4. The van der Waals surface area contributed by atoms with E-state index in [-0.39, 0.29) is 53.0 Å². The standard InChI is InChI=1S/Li.2Mn.2H3O4P/c;;;2*1-5(2,3)4/h;;;2*(H3,1,2,3,4)/q+1;2*+2;;/p-5. The average Bonchev–Trinajstić information content (AvgIpc) is 1.12. The Hall–Kier alpha value is 1.86. The van der Waals surface area contributed by atoms with Gasteiger partial charge in [0.2, 0.25) is 0 Å². The molecule has 2 radical (unpaired) electrons. The molecular weight excluding hydrogens is 307 g/mol. The molecule has 0 rings (SSSR count). The monoisotopic (exact) mass is 308 g/mol. The van der Waals surface area contributed by atoms with Gasteiger partial charge in [-0.1, -0.05) is 0 Å². The topological polar surface area (TPSA) is 170 Å². The summed E-state index contributed by atoms with van der Waals surface area (Å²) in [5.74, 6) is 0. The van der Waals surface area contributed by atoms with E-state index in [4.69, 9.17) is 38.5 Å². The summed E-state index contributed by atoms with van der Waals surface area (Å²) >= 11 is 0. The predicted molar refractivity (Wildman–Crippen MR) is 17.4 cm³/mol.